The van der Waals surface area contributed by atoms with Gasteiger partial charge in [0.15, 0.2) is 16.7 Å². The Kier molecular flexibility index (Phi) is 5.27. The molecule has 0 amide bonds. The van der Waals surface area contributed by atoms with Crippen molar-refractivity contribution in [3.05, 3.63) is 71.4 Å². The molecule has 0 aliphatic carbocycles. The van der Waals surface area contributed by atoms with Gasteiger partial charge in [0.05, 0.1) is 5.69 Å². The lowest BCUT2D eigenvalue weighted by Gasteiger charge is -2.06. The SMILES string of the molecule is CCn1c(SCc2cc(-c3ccccc3)on2)nnc1-c1ccc(Cl)cc1. The van der Waals surface area contributed by atoms with E-state index in [0.29, 0.717) is 10.8 Å². The second-order valence-corrected chi connectivity index (χ2v) is 7.27. The molecule has 0 radical (unpaired) electrons. The zero-order chi connectivity index (χ0) is 18.6. The molecule has 0 unspecified atom stereocenters. The first-order valence-electron chi connectivity index (χ1n) is 8.57. The van der Waals surface area contributed by atoms with Crippen LogP contribution in [-0.4, -0.2) is 19.9 Å². The predicted molar refractivity (Wildman–Crippen MR) is 108 cm³/mol. The topological polar surface area (TPSA) is 56.7 Å². The van der Waals surface area contributed by atoms with Crippen molar-refractivity contribution in [2.45, 2.75) is 24.4 Å². The number of hydrogen-bond acceptors (Lipinski definition) is 5. The van der Waals surface area contributed by atoms with Gasteiger partial charge in [0.1, 0.15) is 0 Å². The third-order valence-electron chi connectivity index (χ3n) is 4.10. The molecular weight excluding hydrogens is 380 g/mol. The fraction of sp³-hybridized carbons (Fsp3) is 0.150. The van der Waals surface area contributed by atoms with Crippen molar-refractivity contribution in [1.82, 2.24) is 19.9 Å². The first-order chi connectivity index (χ1) is 13.2. The van der Waals surface area contributed by atoms with Gasteiger partial charge in [-0.25, -0.2) is 0 Å². The molecule has 0 fully saturated rings. The number of aromatic nitrogens is 4. The minimum absolute atomic E-state index is 0.662. The number of halogens is 1. The highest BCUT2D eigenvalue weighted by atomic mass is 35.5. The minimum atomic E-state index is 0.662. The minimum Gasteiger partial charge on any atom is -0.356 e. The third-order valence-corrected chi connectivity index (χ3v) is 5.35. The van der Waals surface area contributed by atoms with Crippen molar-refractivity contribution in [3.8, 4) is 22.7 Å². The second-order valence-electron chi connectivity index (χ2n) is 5.89. The Balaban J connectivity index is 1.50. The molecule has 0 bridgehead atoms. The Morgan fingerprint density at radius 3 is 2.52 bits per heavy atom. The number of rotatable bonds is 6. The van der Waals surface area contributed by atoms with Gasteiger partial charge >= 0.3 is 0 Å². The van der Waals surface area contributed by atoms with Crippen molar-refractivity contribution in [2.75, 3.05) is 0 Å². The molecule has 4 rings (SSSR count). The van der Waals surface area contributed by atoms with Crippen molar-refractivity contribution >= 4 is 23.4 Å². The largest absolute Gasteiger partial charge is 0.356 e. The summed E-state index contributed by atoms with van der Waals surface area (Å²) >= 11 is 7.57. The van der Waals surface area contributed by atoms with Crippen LogP contribution in [0.3, 0.4) is 0 Å². The molecule has 0 saturated carbocycles. The maximum absolute atomic E-state index is 5.98. The molecule has 0 aliphatic heterocycles. The van der Waals surface area contributed by atoms with Crippen LogP contribution >= 0.6 is 23.4 Å². The van der Waals surface area contributed by atoms with Gasteiger partial charge < -0.3 is 9.09 Å². The van der Waals surface area contributed by atoms with E-state index >= 15 is 0 Å². The predicted octanol–water partition coefficient (Wildman–Crippen LogP) is 5.57. The first-order valence-corrected chi connectivity index (χ1v) is 9.94. The molecule has 27 heavy (non-hydrogen) atoms. The van der Waals surface area contributed by atoms with Crippen LogP contribution in [0, 0.1) is 0 Å². The van der Waals surface area contributed by atoms with Crippen LogP contribution in [0.25, 0.3) is 22.7 Å². The van der Waals surface area contributed by atoms with Crippen molar-refractivity contribution in [1.29, 1.82) is 0 Å². The van der Waals surface area contributed by atoms with Gasteiger partial charge in [0.2, 0.25) is 0 Å². The van der Waals surface area contributed by atoms with Gasteiger partial charge in [0, 0.05) is 34.5 Å². The average molecular weight is 397 g/mol. The molecule has 2 aromatic carbocycles. The van der Waals surface area contributed by atoms with E-state index in [0.717, 1.165) is 40.1 Å². The average Bonchev–Trinajstić information content (AvgIpc) is 3.34. The number of nitrogens with zero attached hydrogens (tertiary/aromatic N) is 4. The lowest BCUT2D eigenvalue weighted by Crippen LogP contribution is -1.99. The molecule has 4 aromatic rings. The lowest BCUT2D eigenvalue weighted by molar-refractivity contribution is 0.426. The second kappa shape index (κ2) is 7.98. The van der Waals surface area contributed by atoms with E-state index in [9.17, 15) is 0 Å². The Labute approximate surface area is 166 Å². The van der Waals surface area contributed by atoms with Crippen molar-refractivity contribution in [2.24, 2.45) is 0 Å². The van der Waals surface area contributed by atoms with Crippen LogP contribution < -0.4 is 0 Å². The van der Waals surface area contributed by atoms with Crippen LogP contribution in [0.15, 0.2) is 70.3 Å². The zero-order valence-electron chi connectivity index (χ0n) is 14.7. The molecule has 7 heteroatoms. The summed E-state index contributed by atoms with van der Waals surface area (Å²) in [6.07, 6.45) is 0. The lowest BCUT2D eigenvalue weighted by atomic mass is 10.2. The number of benzene rings is 2. The highest BCUT2D eigenvalue weighted by Gasteiger charge is 2.14. The summed E-state index contributed by atoms with van der Waals surface area (Å²) in [6.45, 7) is 2.86. The summed E-state index contributed by atoms with van der Waals surface area (Å²) in [5.74, 6) is 2.27. The van der Waals surface area contributed by atoms with Gasteiger partial charge in [-0.2, -0.15) is 0 Å². The maximum Gasteiger partial charge on any atom is 0.191 e. The molecule has 5 nitrogen and oxygen atoms in total. The van der Waals surface area contributed by atoms with Crippen LogP contribution in [-0.2, 0) is 12.3 Å². The van der Waals surface area contributed by atoms with Gasteiger partial charge in [-0.05, 0) is 31.2 Å². The maximum atomic E-state index is 5.98. The third kappa shape index (κ3) is 3.91. The van der Waals surface area contributed by atoms with E-state index in [-0.39, 0.29) is 0 Å². The summed E-state index contributed by atoms with van der Waals surface area (Å²) in [5.41, 5.74) is 2.88. The summed E-state index contributed by atoms with van der Waals surface area (Å²) in [6, 6.07) is 19.5. The summed E-state index contributed by atoms with van der Waals surface area (Å²) < 4.78 is 7.55. The molecular formula is C20H17ClN4OS. The van der Waals surface area contributed by atoms with Crippen LogP contribution in [0.1, 0.15) is 12.6 Å². The van der Waals surface area contributed by atoms with Gasteiger partial charge in [-0.1, -0.05) is 58.9 Å². The van der Waals surface area contributed by atoms with Gasteiger partial charge in [-0.15, -0.1) is 10.2 Å². The molecule has 0 spiro atoms. The smallest absolute Gasteiger partial charge is 0.191 e. The van der Waals surface area contributed by atoms with Gasteiger partial charge in [0.25, 0.3) is 0 Å². The van der Waals surface area contributed by atoms with Crippen LogP contribution in [0.2, 0.25) is 5.02 Å². The summed E-state index contributed by atoms with van der Waals surface area (Å²) in [5, 5.41) is 14.4. The summed E-state index contributed by atoms with van der Waals surface area (Å²) in [4.78, 5) is 0. The van der Waals surface area contributed by atoms with E-state index in [2.05, 4.69) is 26.8 Å². The monoisotopic (exact) mass is 396 g/mol. The van der Waals surface area contributed by atoms with E-state index in [1.807, 2.05) is 60.7 Å². The Morgan fingerprint density at radius 1 is 1.00 bits per heavy atom. The van der Waals surface area contributed by atoms with E-state index in [1.165, 1.54) is 0 Å². The molecule has 0 N–H and O–H groups in total. The van der Waals surface area contributed by atoms with E-state index < -0.39 is 0 Å². The van der Waals surface area contributed by atoms with Crippen LogP contribution in [0.4, 0.5) is 0 Å². The first kappa shape index (κ1) is 17.8. The zero-order valence-corrected chi connectivity index (χ0v) is 16.2. The Hall–Kier alpha value is -2.57. The normalized spacial score (nSPS) is 11.0. The highest BCUT2D eigenvalue weighted by molar-refractivity contribution is 7.98. The van der Waals surface area contributed by atoms with Crippen molar-refractivity contribution in [3.63, 3.8) is 0 Å². The number of hydrogen-bond donors (Lipinski definition) is 0. The molecule has 2 aromatic heterocycles. The molecule has 136 valence electrons. The Bertz CT molecular complexity index is 1030. The molecule has 0 saturated heterocycles. The Morgan fingerprint density at radius 2 is 1.78 bits per heavy atom. The summed E-state index contributed by atoms with van der Waals surface area (Å²) in [7, 11) is 0. The molecule has 0 atom stereocenters. The fourth-order valence-corrected chi connectivity index (χ4v) is 3.76. The van der Waals surface area contributed by atoms with E-state index in [1.54, 1.807) is 11.8 Å². The van der Waals surface area contributed by atoms with Gasteiger partial charge in [-0.3, -0.25) is 0 Å². The molecule has 2 heterocycles. The number of thioether (sulfide) groups is 1. The molecule has 0 aliphatic rings. The highest BCUT2D eigenvalue weighted by Crippen LogP contribution is 2.28. The van der Waals surface area contributed by atoms with Crippen LogP contribution in [0.5, 0.6) is 0 Å². The fourth-order valence-electron chi connectivity index (χ4n) is 2.75. The standard InChI is InChI=1S/C20H17ClN4OS/c1-2-25-19(15-8-10-16(21)11-9-15)22-23-20(25)27-13-17-12-18(26-24-17)14-6-4-3-5-7-14/h3-12H,2,13H2,1H3. The van der Waals surface area contributed by atoms with Crippen molar-refractivity contribution < 1.29 is 4.52 Å². The van der Waals surface area contributed by atoms with E-state index in [4.69, 9.17) is 16.1 Å². The quantitative estimate of drug-likeness (QED) is 0.399.